The fourth-order valence-corrected chi connectivity index (χ4v) is 10.5. The van der Waals surface area contributed by atoms with Crippen LogP contribution >= 0.6 is 22.9 Å². The minimum absolute atomic E-state index is 0.0571. The number of hydrogen-bond acceptors (Lipinski definition) is 9. The minimum atomic E-state index is -4.05. The molecular weight excluding hydrogens is 748 g/mol. The molecule has 0 atom stereocenters. The Morgan fingerprint density at radius 2 is 1.69 bits per heavy atom. The average molecular weight is 787 g/mol. The summed E-state index contributed by atoms with van der Waals surface area (Å²) in [5.74, 6) is -2.00. The average Bonchev–Trinajstić information content (AvgIpc) is 3.77. The van der Waals surface area contributed by atoms with Crippen LogP contribution in [0.3, 0.4) is 0 Å². The number of aromatic nitrogens is 2. The van der Waals surface area contributed by atoms with E-state index in [2.05, 4.69) is 10.4 Å². The van der Waals surface area contributed by atoms with Gasteiger partial charge in [0.15, 0.2) is 5.78 Å². The zero-order valence-electron chi connectivity index (χ0n) is 28.6. The molecule has 0 unspecified atom stereocenters. The van der Waals surface area contributed by atoms with Gasteiger partial charge in [-0.05, 0) is 99.4 Å². The number of fused-ring (bicyclic) bond motifs is 1. The Hall–Kier alpha value is -3.93. The molecule has 276 valence electrons. The van der Waals surface area contributed by atoms with Crippen molar-refractivity contribution >= 4 is 65.8 Å². The number of ketones is 1. The summed E-state index contributed by atoms with van der Waals surface area (Å²) >= 11 is 7.40. The molecular formula is C35H39ClN6O7S3. The summed E-state index contributed by atoms with van der Waals surface area (Å²) in [5.41, 5.74) is 2.56. The monoisotopic (exact) mass is 786 g/mol. The topological polar surface area (TPSA) is 177 Å². The second-order valence-electron chi connectivity index (χ2n) is 12.8. The van der Waals surface area contributed by atoms with Crippen molar-refractivity contribution in [3.63, 3.8) is 0 Å². The number of carbonyl (C=O) groups is 3. The summed E-state index contributed by atoms with van der Waals surface area (Å²) < 4.78 is 58.5. The molecule has 0 radical (unpaired) electrons. The van der Waals surface area contributed by atoms with Crippen LogP contribution in [-0.2, 0) is 37.9 Å². The Balaban J connectivity index is 1.20. The van der Waals surface area contributed by atoms with E-state index in [1.54, 1.807) is 42.1 Å². The molecule has 17 heteroatoms. The highest BCUT2D eigenvalue weighted by Crippen LogP contribution is 2.40. The van der Waals surface area contributed by atoms with Gasteiger partial charge in [-0.3, -0.25) is 14.4 Å². The molecule has 1 saturated carbocycles. The number of nitrogens with one attached hydrogen (secondary N) is 3. The largest absolute Gasteiger partial charge is 0.313 e. The predicted octanol–water partition coefficient (Wildman–Crippen LogP) is 5.10. The summed E-state index contributed by atoms with van der Waals surface area (Å²) in [5, 5.41) is 8.29. The van der Waals surface area contributed by atoms with Gasteiger partial charge in [-0.15, -0.1) is 11.3 Å². The van der Waals surface area contributed by atoms with Gasteiger partial charge >= 0.3 is 10.2 Å². The first kappa shape index (κ1) is 37.8. The van der Waals surface area contributed by atoms with E-state index >= 15 is 0 Å². The second-order valence-corrected chi connectivity index (χ2v) is 17.8. The summed E-state index contributed by atoms with van der Waals surface area (Å²) in [6.07, 6.45) is 7.90. The zero-order valence-corrected chi connectivity index (χ0v) is 31.8. The normalized spacial score (nSPS) is 17.8. The maximum absolute atomic E-state index is 14.0. The van der Waals surface area contributed by atoms with Gasteiger partial charge in [0.05, 0.1) is 27.9 Å². The lowest BCUT2D eigenvalue weighted by atomic mass is 9.85. The van der Waals surface area contributed by atoms with E-state index in [1.807, 2.05) is 9.44 Å². The number of amides is 2. The van der Waals surface area contributed by atoms with Crippen LogP contribution in [0.1, 0.15) is 82.2 Å². The molecule has 52 heavy (non-hydrogen) atoms. The molecule has 2 aromatic carbocycles. The summed E-state index contributed by atoms with van der Waals surface area (Å²) in [6.45, 7) is 1.89. The quantitative estimate of drug-likeness (QED) is 0.166. The summed E-state index contributed by atoms with van der Waals surface area (Å²) in [6, 6.07) is 12.5. The SMILES string of the molecule is CCN(C1CCC(C(=O)NS(=O)(=O)NC)CC1)S(=O)(=O)c1cccc(C(=O)Nc2sc3c(c2C(=O)c2cnn(-c4ccc(Cl)cc4)c2)CCCC3)c1. The number of rotatable bonds is 12. The van der Waals surface area contributed by atoms with Crippen LogP contribution in [-0.4, -0.2) is 68.2 Å². The van der Waals surface area contributed by atoms with Crippen LogP contribution < -0.4 is 14.8 Å². The molecule has 13 nitrogen and oxygen atoms in total. The van der Waals surface area contributed by atoms with E-state index in [-0.39, 0.29) is 22.8 Å². The van der Waals surface area contributed by atoms with Gasteiger partial charge in [0, 0.05) is 47.2 Å². The molecule has 6 rings (SSSR count). The number of nitrogens with zero attached hydrogens (tertiary/aromatic N) is 3. The van der Waals surface area contributed by atoms with Crippen LogP contribution in [0.15, 0.2) is 65.8 Å². The third-order valence-corrected chi connectivity index (χ3v) is 14.0. The van der Waals surface area contributed by atoms with Gasteiger partial charge in [0.1, 0.15) is 5.00 Å². The van der Waals surface area contributed by atoms with Crippen LogP contribution in [0.2, 0.25) is 5.02 Å². The third kappa shape index (κ3) is 8.01. The van der Waals surface area contributed by atoms with Crippen LogP contribution in [0.5, 0.6) is 0 Å². The lowest BCUT2D eigenvalue weighted by Crippen LogP contribution is -2.46. The molecule has 0 saturated heterocycles. The lowest BCUT2D eigenvalue weighted by molar-refractivity contribution is -0.124. The van der Waals surface area contributed by atoms with Gasteiger partial charge < -0.3 is 5.32 Å². The number of anilines is 1. The molecule has 0 spiro atoms. The molecule has 2 aromatic heterocycles. The second kappa shape index (κ2) is 15.6. The number of halogens is 1. The van der Waals surface area contributed by atoms with Gasteiger partial charge in [0.2, 0.25) is 15.9 Å². The molecule has 2 heterocycles. The number of thiophene rings is 1. The Kier molecular flexibility index (Phi) is 11.3. The first-order valence-corrected chi connectivity index (χ1v) is 21.1. The molecule has 0 aliphatic heterocycles. The molecule has 2 aliphatic carbocycles. The highest BCUT2D eigenvalue weighted by atomic mass is 35.5. The van der Waals surface area contributed by atoms with Gasteiger partial charge in [-0.1, -0.05) is 24.6 Å². The Morgan fingerprint density at radius 1 is 0.981 bits per heavy atom. The molecule has 3 N–H and O–H groups in total. The molecule has 2 aliphatic rings. The number of benzene rings is 2. The molecule has 2 amide bonds. The number of carbonyl (C=O) groups excluding carboxylic acids is 3. The molecule has 1 fully saturated rings. The predicted molar refractivity (Wildman–Crippen MR) is 199 cm³/mol. The lowest BCUT2D eigenvalue weighted by Gasteiger charge is -2.35. The summed E-state index contributed by atoms with van der Waals surface area (Å²) in [4.78, 5) is 41.3. The number of sulfonamides is 1. The Bertz CT molecular complexity index is 2210. The molecule has 4 aromatic rings. The maximum Gasteiger partial charge on any atom is 0.301 e. The first-order valence-electron chi connectivity index (χ1n) is 17.0. The van der Waals surface area contributed by atoms with Crippen molar-refractivity contribution in [1.29, 1.82) is 0 Å². The standard InChI is InChI=1S/C35H39ClN6O7S3/c1-3-42(27-15-11-22(12-16-27)34(45)40-52(48,49)37-2)51(46,47)28-8-6-7-23(19-28)33(44)39-35-31(29-9-4-5-10-30(29)50-35)32(43)24-20-38-41(21-24)26-17-13-25(36)14-18-26/h6-8,13-14,17-22,27,37H,3-5,9-12,15-16H2,1-2H3,(H,39,44)(H,40,45). The first-order chi connectivity index (χ1) is 24.8. The zero-order chi connectivity index (χ0) is 37.2. The highest BCUT2D eigenvalue weighted by Gasteiger charge is 2.36. The van der Waals surface area contributed by atoms with Crippen molar-refractivity contribution in [3.8, 4) is 5.69 Å². The third-order valence-electron chi connectivity index (χ3n) is 9.55. The smallest absolute Gasteiger partial charge is 0.301 e. The molecule has 0 bridgehead atoms. The van der Waals surface area contributed by atoms with Crippen molar-refractivity contribution in [1.82, 2.24) is 23.5 Å². The Morgan fingerprint density at radius 3 is 2.38 bits per heavy atom. The van der Waals surface area contributed by atoms with Crippen molar-refractivity contribution < 1.29 is 31.2 Å². The van der Waals surface area contributed by atoms with E-state index in [1.165, 1.54) is 53.2 Å². The van der Waals surface area contributed by atoms with E-state index in [4.69, 9.17) is 11.6 Å². The fraction of sp³-hybridized carbons (Fsp3) is 0.371. The van der Waals surface area contributed by atoms with Gasteiger partial charge in [-0.2, -0.15) is 17.8 Å². The van der Waals surface area contributed by atoms with E-state index < -0.39 is 44.0 Å². The van der Waals surface area contributed by atoms with Crippen molar-refractivity contribution in [3.05, 3.63) is 93.1 Å². The maximum atomic E-state index is 14.0. The van der Waals surface area contributed by atoms with Crippen LogP contribution in [0.4, 0.5) is 5.00 Å². The highest BCUT2D eigenvalue weighted by molar-refractivity contribution is 7.89. The van der Waals surface area contributed by atoms with Crippen molar-refractivity contribution in [2.75, 3.05) is 18.9 Å². The number of aryl methyl sites for hydroxylation is 1. The van der Waals surface area contributed by atoms with E-state index in [0.717, 1.165) is 35.4 Å². The van der Waals surface area contributed by atoms with Crippen LogP contribution in [0.25, 0.3) is 5.69 Å². The van der Waals surface area contributed by atoms with Crippen molar-refractivity contribution in [2.24, 2.45) is 5.92 Å². The van der Waals surface area contributed by atoms with E-state index in [9.17, 15) is 31.2 Å². The van der Waals surface area contributed by atoms with E-state index in [0.29, 0.717) is 53.3 Å². The minimum Gasteiger partial charge on any atom is -0.313 e. The van der Waals surface area contributed by atoms with Gasteiger partial charge in [0.25, 0.3) is 5.91 Å². The Labute approximate surface area is 312 Å². The van der Waals surface area contributed by atoms with Crippen LogP contribution in [0, 0.1) is 5.92 Å². The summed E-state index contributed by atoms with van der Waals surface area (Å²) in [7, 11) is -6.79. The van der Waals surface area contributed by atoms with Crippen molar-refractivity contribution in [2.45, 2.75) is 69.2 Å². The fourth-order valence-electron chi connectivity index (χ4n) is 6.84. The number of hydrogen-bond donors (Lipinski definition) is 3. The van der Waals surface area contributed by atoms with Gasteiger partial charge in [-0.25, -0.2) is 22.5 Å².